The minimum absolute atomic E-state index is 0.194. The van der Waals surface area contributed by atoms with Crippen LogP contribution in [0.5, 0.6) is 0 Å². The highest BCUT2D eigenvalue weighted by atomic mass is 32.2. The predicted octanol–water partition coefficient (Wildman–Crippen LogP) is 5.33. The van der Waals surface area contributed by atoms with E-state index >= 15 is 0 Å². The Labute approximate surface area is 129 Å². The van der Waals surface area contributed by atoms with Gasteiger partial charge in [-0.2, -0.15) is 18.4 Å². The van der Waals surface area contributed by atoms with Gasteiger partial charge in [0.1, 0.15) is 5.82 Å². The van der Waals surface area contributed by atoms with Crippen LogP contribution in [0.3, 0.4) is 0 Å². The Morgan fingerprint density at radius 3 is 2.45 bits per heavy atom. The van der Waals surface area contributed by atoms with E-state index in [2.05, 4.69) is 0 Å². The Kier molecular flexibility index (Phi) is 4.77. The monoisotopic (exact) mass is 325 g/mol. The largest absolute Gasteiger partial charge is 0.398 e. The molecule has 0 N–H and O–H groups in total. The highest BCUT2D eigenvalue weighted by molar-refractivity contribution is 7.99. The van der Waals surface area contributed by atoms with Crippen LogP contribution >= 0.6 is 11.8 Å². The second-order valence-corrected chi connectivity index (χ2v) is 5.71. The predicted molar refractivity (Wildman–Crippen MR) is 78.1 cm³/mol. The summed E-state index contributed by atoms with van der Waals surface area (Å²) in [7, 11) is 0. The molecule has 0 fully saturated rings. The lowest BCUT2D eigenvalue weighted by molar-refractivity contribution is -0.105. The van der Waals surface area contributed by atoms with E-state index in [-0.39, 0.29) is 11.1 Å². The topological polar surface area (TPSA) is 23.8 Å². The molecule has 6 heteroatoms. The SMILES string of the molecule is Cc1ccc(-c2ccc(C#N)cc2F)cc1SCC(F)(F)F. The summed E-state index contributed by atoms with van der Waals surface area (Å²) in [5.74, 6) is -1.57. The highest BCUT2D eigenvalue weighted by Crippen LogP contribution is 2.33. The summed E-state index contributed by atoms with van der Waals surface area (Å²) in [5.41, 5.74) is 1.64. The Morgan fingerprint density at radius 1 is 1.14 bits per heavy atom. The summed E-state index contributed by atoms with van der Waals surface area (Å²) in [6, 6.07) is 10.7. The first-order chi connectivity index (χ1) is 10.3. The average Bonchev–Trinajstić information content (AvgIpc) is 2.45. The quantitative estimate of drug-likeness (QED) is 0.563. The number of aryl methyl sites for hydroxylation is 1. The van der Waals surface area contributed by atoms with Gasteiger partial charge in [0.15, 0.2) is 0 Å². The van der Waals surface area contributed by atoms with Crippen molar-refractivity contribution < 1.29 is 17.6 Å². The van der Waals surface area contributed by atoms with Crippen LogP contribution in [0.4, 0.5) is 17.6 Å². The maximum Gasteiger partial charge on any atom is 0.398 e. The molecule has 0 aliphatic rings. The first-order valence-electron chi connectivity index (χ1n) is 6.30. The van der Waals surface area contributed by atoms with Gasteiger partial charge >= 0.3 is 6.18 Å². The molecule has 114 valence electrons. The van der Waals surface area contributed by atoms with Crippen LogP contribution in [0, 0.1) is 24.1 Å². The number of benzene rings is 2. The molecule has 0 aromatic heterocycles. The fraction of sp³-hybridized carbons (Fsp3) is 0.188. The van der Waals surface area contributed by atoms with Gasteiger partial charge < -0.3 is 0 Å². The van der Waals surface area contributed by atoms with Gasteiger partial charge in [0.25, 0.3) is 0 Å². The van der Waals surface area contributed by atoms with E-state index in [4.69, 9.17) is 5.26 Å². The molecule has 0 saturated heterocycles. The summed E-state index contributed by atoms with van der Waals surface area (Å²) in [6.45, 7) is 1.71. The molecule has 0 atom stereocenters. The fourth-order valence-electron chi connectivity index (χ4n) is 1.90. The molecule has 2 rings (SSSR count). The van der Waals surface area contributed by atoms with E-state index in [1.54, 1.807) is 19.1 Å². The van der Waals surface area contributed by atoms with Crippen LogP contribution in [0.2, 0.25) is 0 Å². The molecule has 0 radical (unpaired) electrons. The van der Waals surface area contributed by atoms with Crippen LogP contribution in [-0.4, -0.2) is 11.9 Å². The number of thioether (sulfide) groups is 1. The summed E-state index contributed by atoms with van der Waals surface area (Å²) < 4.78 is 51.0. The number of nitrogens with zero attached hydrogens (tertiary/aromatic N) is 1. The normalized spacial score (nSPS) is 11.3. The van der Waals surface area contributed by atoms with Crippen molar-refractivity contribution in [3.8, 4) is 17.2 Å². The zero-order chi connectivity index (χ0) is 16.3. The van der Waals surface area contributed by atoms with E-state index in [0.29, 0.717) is 27.8 Å². The number of rotatable bonds is 3. The van der Waals surface area contributed by atoms with Gasteiger partial charge in [-0.3, -0.25) is 0 Å². The second kappa shape index (κ2) is 6.41. The van der Waals surface area contributed by atoms with E-state index < -0.39 is 17.7 Å². The standard InChI is InChI=1S/C16H11F4NS/c1-10-2-4-12(7-15(10)22-9-16(18,19)20)13-5-3-11(8-21)6-14(13)17/h2-7H,9H2,1H3. The van der Waals surface area contributed by atoms with Gasteiger partial charge in [-0.25, -0.2) is 4.39 Å². The van der Waals surface area contributed by atoms with Crippen LogP contribution in [0.1, 0.15) is 11.1 Å². The lowest BCUT2D eigenvalue weighted by atomic mass is 10.0. The third kappa shape index (κ3) is 4.01. The van der Waals surface area contributed by atoms with Crippen LogP contribution in [0.25, 0.3) is 11.1 Å². The van der Waals surface area contributed by atoms with E-state index in [0.717, 1.165) is 6.07 Å². The van der Waals surface area contributed by atoms with Gasteiger partial charge in [-0.1, -0.05) is 18.2 Å². The maximum absolute atomic E-state index is 14.0. The van der Waals surface area contributed by atoms with Gasteiger partial charge in [0.05, 0.1) is 17.4 Å². The third-order valence-corrected chi connectivity index (χ3v) is 4.21. The van der Waals surface area contributed by atoms with Crippen molar-refractivity contribution in [3.05, 3.63) is 53.3 Å². The molecular weight excluding hydrogens is 314 g/mol. The molecule has 0 aliphatic heterocycles. The minimum Gasteiger partial charge on any atom is -0.206 e. The highest BCUT2D eigenvalue weighted by Gasteiger charge is 2.27. The molecule has 2 aromatic rings. The zero-order valence-corrected chi connectivity index (χ0v) is 12.4. The first-order valence-corrected chi connectivity index (χ1v) is 7.29. The smallest absolute Gasteiger partial charge is 0.206 e. The fourth-order valence-corrected chi connectivity index (χ4v) is 2.73. The van der Waals surface area contributed by atoms with Crippen molar-refractivity contribution in [1.29, 1.82) is 5.26 Å². The lowest BCUT2D eigenvalue weighted by Crippen LogP contribution is -2.10. The average molecular weight is 325 g/mol. The molecule has 22 heavy (non-hydrogen) atoms. The summed E-state index contributed by atoms with van der Waals surface area (Å²) >= 11 is 0.677. The molecule has 2 aromatic carbocycles. The minimum atomic E-state index is -4.26. The van der Waals surface area contributed by atoms with E-state index in [1.807, 2.05) is 6.07 Å². The van der Waals surface area contributed by atoms with E-state index in [9.17, 15) is 17.6 Å². The number of hydrogen-bond acceptors (Lipinski definition) is 2. The van der Waals surface area contributed by atoms with Crippen molar-refractivity contribution in [2.75, 3.05) is 5.75 Å². The zero-order valence-electron chi connectivity index (χ0n) is 11.5. The number of halogens is 4. The van der Waals surface area contributed by atoms with Gasteiger partial charge in [-0.15, -0.1) is 11.8 Å². The summed E-state index contributed by atoms with van der Waals surface area (Å²) in [4.78, 5) is 0.457. The lowest BCUT2D eigenvalue weighted by Gasteiger charge is -2.11. The van der Waals surface area contributed by atoms with Crippen molar-refractivity contribution >= 4 is 11.8 Å². The Bertz CT molecular complexity index is 732. The third-order valence-electron chi connectivity index (χ3n) is 2.99. The molecule has 0 aliphatic carbocycles. The van der Waals surface area contributed by atoms with E-state index in [1.165, 1.54) is 18.2 Å². The first kappa shape index (κ1) is 16.4. The van der Waals surface area contributed by atoms with Gasteiger partial charge in [0, 0.05) is 10.5 Å². The van der Waals surface area contributed by atoms with Crippen LogP contribution < -0.4 is 0 Å². The van der Waals surface area contributed by atoms with Crippen LogP contribution in [-0.2, 0) is 0 Å². The molecule has 0 bridgehead atoms. The molecule has 1 nitrogen and oxygen atoms in total. The molecule has 0 heterocycles. The second-order valence-electron chi connectivity index (χ2n) is 4.69. The van der Waals surface area contributed by atoms with Crippen molar-refractivity contribution in [1.82, 2.24) is 0 Å². The Morgan fingerprint density at radius 2 is 1.86 bits per heavy atom. The molecular formula is C16H11F4NS. The molecule has 0 unspecified atom stereocenters. The van der Waals surface area contributed by atoms with Gasteiger partial charge in [0.2, 0.25) is 0 Å². The Balaban J connectivity index is 2.35. The van der Waals surface area contributed by atoms with Gasteiger partial charge in [-0.05, 0) is 36.2 Å². The molecule has 0 amide bonds. The molecule has 0 spiro atoms. The van der Waals surface area contributed by atoms with Crippen molar-refractivity contribution in [3.63, 3.8) is 0 Å². The number of hydrogen-bond donors (Lipinski definition) is 0. The summed E-state index contributed by atoms with van der Waals surface area (Å²) in [6.07, 6.45) is -4.26. The maximum atomic E-state index is 14.0. The van der Waals surface area contributed by atoms with Crippen LogP contribution in [0.15, 0.2) is 41.3 Å². The number of nitriles is 1. The summed E-state index contributed by atoms with van der Waals surface area (Å²) in [5, 5.41) is 8.72. The van der Waals surface area contributed by atoms with Crippen molar-refractivity contribution in [2.45, 2.75) is 18.0 Å². The Hall–Kier alpha value is -2.00. The molecule has 0 saturated carbocycles. The number of alkyl halides is 3. The van der Waals surface area contributed by atoms with Crippen molar-refractivity contribution in [2.24, 2.45) is 0 Å².